The van der Waals surface area contributed by atoms with Crippen LogP contribution in [0.3, 0.4) is 0 Å². The van der Waals surface area contributed by atoms with Gasteiger partial charge in [0.1, 0.15) is 0 Å². The largest absolute Gasteiger partial charge is 0.451 e. The summed E-state index contributed by atoms with van der Waals surface area (Å²) in [5.74, 6) is -1.27. The molecule has 0 bridgehead atoms. The summed E-state index contributed by atoms with van der Waals surface area (Å²) < 4.78 is 6.84. The highest BCUT2D eigenvalue weighted by atomic mass is 79.9. The van der Waals surface area contributed by atoms with E-state index >= 15 is 0 Å². The van der Waals surface area contributed by atoms with E-state index in [2.05, 4.69) is 26.3 Å². The van der Waals surface area contributed by atoms with Crippen LogP contribution in [-0.2, 0) is 16.6 Å². The lowest BCUT2D eigenvalue weighted by atomic mass is 10.1. The summed E-state index contributed by atoms with van der Waals surface area (Å²) in [6.45, 7) is -0.473. The molecule has 132 valence electrons. The van der Waals surface area contributed by atoms with Gasteiger partial charge >= 0.3 is 5.97 Å². The zero-order valence-corrected chi connectivity index (χ0v) is 15.3. The molecular formula is C18H14BrN3O4. The maximum atomic E-state index is 12.4. The minimum absolute atomic E-state index is 0.0172. The SMILES string of the molecule is Cn1nc(C(=O)OCC(=O)Nc2ccccc2Br)c2ccccc2c1=O. The number of hydrogen-bond donors (Lipinski definition) is 1. The number of para-hydroxylation sites is 1. The van der Waals surface area contributed by atoms with Crippen LogP contribution >= 0.6 is 15.9 Å². The van der Waals surface area contributed by atoms with E-state index in [0.717, 1.165) is 4.68 Å². The van der Waals surface area contributed by atoms with Crippen molar-refractivity contribution in [3.63, 3.8) is 0 Å². The van der Waals surface area contributed by atoms with Crippen molar-refractivity contribution < 1.29 is 14.3 Å². The molecular weight excluding hydrogens is 402 g/mol. The Bertz CT molecular complexity index is 1060. The molecule has 1 N–H and O–H groups in total. The first-order valence-corrected chi connectivity index (χ1v) is 8.44. The van der Waals surface area contributed by atoms with Crippen LogP contribution in [0.5, 0.6) is 0 Å². The third kappa shape index (κ3) is 3.65. The Morgan fingerprint density at radius 3 is 2.50 bits per heavy atom. The molecule has 0 saturated carbocycles. The smallest absolute Gasteiger partial charge is 0.359 e. The molecule has 0 saturated heterocycles. The summed E-state index contributed by atoms with van der Waals surface area (Å²) in [5, 5.41) is 7.34. The minimum atomic E-state index is -0.779. The number of carbonyl (C=O) groups is 2. The number of hydrogen-bond acceptors (Lipinski definition) is 5. The molecule has 2 aromatic carbocycles. The number of fused-ring (bicyclic) bond motifs is 1. The number of esters is 1. The van der Waals surface area contributed by atoms with Gasteiger partial charge in [-0.25, -0.2) is 9.48 Å². The third-order valence-electron chi connectivity index (χ3n) is 3.63. The number of halogens is 1. The van der Waals surface area contributed by atoms with Crippen LogP contribution < -0.4 is 10.9 Å². The van der Waals surface area contributed by atoms with Crippen LogP contribution in [0.1, 0.15) is 10.5 Å². The Morgan fingerprint density at radius 1 is 1.12 bits per heavy atom. The molecule has 0 aliphatic heterocycles. The van der Waals surface area contributed by atoms with Crippen molar-refractivity contribution in [1.82, 2.24) is 9.78 Å². The average molecular weight is 416 g/mol. The molecule has 1 heterocycles. The molecule has 0 unspecified atom stereocenters. The predicted molar refractivity (Wildman–Crippen MR) is 100 cm³/mol. The van der Waals surface area contributed by atoms with Crippen LogP contribution in [0.15, 0.2) is 57.8 Å². The van der Waals surface area contributed by atoms with Crippen LogP contribution in [0, 0.1) is 0 Å². The number of rotatable bonds is 4. The minimum Gasteiger partial charge on any atom is -0.451 e. The predicted octanol–water partition coefficient (Wildman–Crippen LogP) is 2.49. The quantitative estimate of drug-likeness (QED) is 0.661. The van der Waals surface area contributed by atoms with E-state index in [1.54, 1.807) is 42.5 Å². The Kier molecular flexibility index (Phi) is 5.13. The Hall–Kier alpha value is -3.00. The molecule has 1 aromatic heterocycles. The first kappa shape index (κ1) is 17.8. The number of nitrogens with zero attached hydrogens (tertiary/aromatic N) is 2. The number of nitrogens with one attached hydrogen (secondary N) is 1. The Labute approximate surface area is 156 Å². The average Bonchev–Trinajstić information content (AvgIpc) is 2.64. The normalized spacial score (nSPS) is 10.5. The number of amides is 1. The van der Waals surface area contributed by atoms with E-state index in [9.17, 15) is 14.4 Å². The lowest BCUT2D eigenvalue weighted by Crippen LogP contribution is -2.26. The van der Waals surface area contributed by atoms with Gasteiger partial charge in [0.05, 0.1) is 11.1 Å². The molecule has 0 radical (unpaired) electrons. The van der Waals surface area contributed by atoms with Crippen molar-refractivity contribution in [1.29, 1.82) is 0 Å². The summed E-state index contributed by atoms with van der Waals surface area (Å²) in [4.78, 5) is 36.4. The highest BCUT2D eigenvalue weighted by Gasteiger charge is 2.18. The number of aromatic nitrogens is 2. The molecule has 3 rings (SSSR count). The fourth-order valence-corrected chi connectivity index (χ4v) is 2.78. The number of ether oxygens (including phenoxy) is 1. The monoisotopic (exact) mass is 415 g/mol. The number of anilines is 1. The van der Waals surface area contributed by atoms with Gasteiger partial charge < -0.3 is 10.1 Å². The molecule has 7 nitrogen and oxygen atoms in total. The van der Waals surface area contributed by atoms with E-state index in [1.807, 2.05) is 6.07 Å². The summed E-state index contributed by atoms with van der Waals surface area (Å²) in [6, 6.07) is 13.7. The van der Waals surface area contributed by atoms with Gasteiger partial charge in [0.25, 0.3) is 11.5 Å². The van der Waals surface area contributed by atoms with Crippen molar-refractivity contribution >= 4 is 44.3 Å². The molecule has 0 fully saturated rings. The number of aryl methyl sites for hydroxylation is 1. The van der Waals surface area contributed by atoms with Gasteiger partial charge in [0.15, 0.2) is 12.3 Å². The van der Waals surface area contributed by atoms with Crippen LogP contribution in [0.4, 0.5) is 5.69 Å². The number of carbonyl (C=O) groups excluding carboxylic acids is 2. The van der Waals surface area contributed by atoms with Crippen LogP contribution in [0.2, 0.25) is 0 Å². The molecule has 3 aromatic rings. The molecule has 0 spiro atoms. The van der Waals surface area contributed by atoms with Gasteiger partial charge in [-0.3, -0.25) is 9.59 Å². The fraction of sp³-hybridized carbons (Fsp3) is 0.111. The van der Waals surface area contributed by atoms with E-state index in [0.29, 0.717) is 20.9 Å². The van der Waals surface area contributed by atoms with Gasteiger partial charge in [-0.1, -0.05) is 30.3 Å². The van der Waals surface area contributed by atoms with Gasteiger partial charge in [-0.2, -0.15) is 5.10 Å². The molecule has 0 atom stereocenters. The van der Waals surface area contributed by atoms with Crippen molar-refractivity contribution in [2.45, 2.75) is 0 Å². The summed E-state index contributed by atoms with van der Waals surface area (Å²) in [6.07, 6.45) is 0. The fourth-order valence-electron chi connectivity index (χ4n) is 2.40. The van der Waals surface area contributed by atoms with Gasteiger partial charge in [0.2, 0.25) is 0 Å². The second-order valence-corrected chi connectivity index (χ2v) is 6.28. The highest BCUT2D eigenvalue weighted by molar-refractivity contribution is 9.10. The van der Waals surface area contributed by atoms with Gasteiger partial charge in [-0.05, 0) is 34.1 Å². The second kappa shape index (κ2) is 7.49. The van der Waals surface area contributed by atoms with E-state index in [4.69, 9.17) is 4.74 Å². The maximum Gasteiger partial charge on any atom is 0.359 e. The summed E-state index contributed by atoms with van der Waals surface area (Å²) >= 11 is 3.32. The summed E-state index contributed by atoms with van der Waals surface area (Å²) in [7, 11) is 1.45. The van der Waals surface area contributed by atoms with E-state index < -0.39 is 18.5 Å². The lowest BCUT2D eigenvalue weighted by molar-refractivity contribution is -0.119. The van der Waals surface area contributed by atoms with Gasteiger partial charge in [0, 0.05) is 16.9 Å². The molecule has 1 amide bonds. The van der Waals surface area contributed by atoms with E-state index in [1.165, 1.54) is 7.05 Å². The first-order chi connectivity index (χ1) is 12.5. The topological polar surface area (TPSA) is 90.3 Å². The van der Waals surface area contributed by atoms with Crippen LogP contribution in [-0.4, -0.2) is 28.3 Å². The molecule has 0 aliphatic rings. The molecule has 8 heteroatoms. The Balaban J connectivity index is 1.76. The van der Waals surface area contributed by atoms with Crippen molar-refractivity contribution in [3.8, 4) is 0 Å². The zero-order chi connectivity index (χ0) is 18.7. The highest BCUT2D eigenvalue weighted by Crippen LogP contribution is 2.21. The maximum absolute atomic E-state index is 12.4. The number of benzene rings is 2. The van der Waals surface area contributed by atoms with Crippen molar-refractivity contribution in [2.75, 3.05) is 11.9 Å². The zero-order valence-electron chi connectivity index (χ0n) is 13.7. The second-order valence-electron chi connectivity index (χ2n) is 5.43. The van der Waals surface area contributed by atoms with Crippen molar-refractivity contribution in [3.05, 3.63) is 69.1 Å². The molecule has 0 aliphatic carbocycles. The van der Waals surface area contributed by atoms with Gasteiger partial charge in [-0.15, -0.1) is 0 Å². The van der Waals surface area contributed by atoms with E-state index in [-0.39, 0.29) is 11.3 Å². The Morgan fingerprint density at radius 2 is 1.77 bits per heavy atom. The van der Waals surface area contributed by atoms with Crippen LogP contribution in [0.25, 0.3) is 10.8 Å². The summed E-state index contributed by atoms with van der Waals surface area (Å²) in [5.41, 5.74) is 0.236. The standard InChI is InChI=1S/C18H14BrN3O4/c1-22-17(24)12-7-3-2-6-11(12)16(21-22)18(25)26-10-15(23)20-14-9-5-4-8-13(14)19/h2-9H,10H2,1H3,(H,20,23). The molecule has 26 heavy (non-hydrogen) atoms. The van der Waals surface area contributed by atoms with Crippen molar-refractivity contribution in [2.24, 2.45) is 7.05 Å². The lowest BCUT2D eigenvalue weighted by Gasteiger charge is -2.09. The third-order valence-corrected chi connectivity index (χ3v) is 4.32. The first-order valence-electron chi connectivity index (χ1n) is 7.65.